The van der Waals surface area contributed by atoms with Crippen LogP contribution >= 0.6 is 22.9 Å². The molecule has 0 fully saturated rings. The third-order valence-corrected chi connectivity index (χ3v) is 4.30. The van der Waals surface area contributed by atoms with Gasteiger partial charge >= 0.3 is 0 Å². The zero-order valence-electron chi connectivity index (χ0n) is 11.4. The fourth-order valence-corrected chi connectivity index (χ4v) is 3.26. The first kappa shape index (κ1) is 15.1. The summed E-state index contributed by atoms with van der Waals surface area (Å²) >= 11 is 7.51. The largest absolute Gasteiger partial charge is 0.496 e. The van der Waals surface area contributed by atoms with Crippen molar-refractivity contribution in [3.05, 3.63) is 45.1 Å². The maximum atomic E-state index is 5.97. The minimum absolute atomic E-state index is 0.115. The van der Waals surface area contributed by atoms with Crippen LogP contribution in [0, 0.1) is 0 Å². The summed E-state index contributed by atoms with van der Waals surface area (Å²) in [5.41, 5.74) is 3.74. The van der Waals surface area contributed by atoms with Crippen LogP contribution in [0.25, 0.3) is 0 Å². The molecule has 0 amide bonds. The van der Waals surface area contributed by atoms with E-state index < -0.39 is 0 Å². The molecule has 4 nitrogen and oxygen atoms in total. The second kappa shape index (κ2) is 6.95. The molecular formula is C14H17ClN2O2S. The number of halogens is 1. The van der Waals surface area contributed by atoms with Crippen LogP contribution in [0.4, 0.5) is 0 Å². The van der Waals surface area contributed by atoms with E-state index in [1.165, 1.54) is 0 Å². The molecule has 0 saturated heterocycles. The van der Waals surface area contributed by atoms with Crippen molar-refractivity contribution in [1.29, 1.82) is 0 Å². The molecule has 1 atom stereocenters. The van der Waals surface area contributed by atoms with Gasteiger partial charge in [-0.05, 0) is 24.3 Å². The predicted molar refractivity (Wildman–Crippen MR) is 82.6 cm³/mol. The van der Waals surface area contributed by atoms with Gasteiger partial charge < -0.3 is 9.47 Å². The van der Waals surface area contributed by atoms with Crippen molar-refractivity contribution in [3.8, 4) is 11.5 Å². The highest BCUT2D eigenvalue weighted by atomic mass is 35.5. The quantitative estimate of drug-likeness (QED) is 0.635. The van der Waals surface area contributed by atoms with Gasteiger partial charge in [-0.3, -0.25) is 11.3 Å². The number of nitrogens with one attached hydrogen (secondary N) is 1. The summed E-state index contributed by atoms with van der Waals surface area (Å²) in [5, 5.41) is 0. The summed E-state index contributed by atoms with van der Waals surface area (Å²) in [4.78, 5) is 1.14. The standard InChI is InChI=1S/C14H17ClN2O2S/c1-18-11-4-3-5-12(19-2)14(11)10(17-16)8-9-6-7-13(15)20-9/h3-7,10,17H,8,16H2,1-2H3. The average Bonchev–Trinajstić information content (AvgIpc) is 2.89. The molecule has 0 radical (unpaired) electrons. The highest BCUT2D eigenvalue weighted by Crippen LogP contribution is 2.36. The van der Waals surface area contributed by atoms with Gasteiger partial charge in [-0.15, -0.1) is 11.3 Å². The van der Waals surface area contributed by atoms with E-state index in [1.54, 1.807) is 25.6 Å². The number of hydrazine groups is 1. The third kappa shape index (κ3) is 3.24. The van der Waals surface area contributed by atoms with E-state index in [4.69, 9.17) is 26.9 Å². The molecule has 0 aliphatic heterocycles. The monoisotopic (exact) mass is 312 g/mol. The molecule has 3 N–H and O–H groups in total. The van der Waals surface area contributed by atoms with Crippen LogP contribution in [-0.2, 0) is 6.42 Å². The van der Waals surface area contributed by atoms with Gasteiger partial charge in [-0.1, -0.05) is 17.7 Å². The Morgan fingerprint density at radius 3 is 2.30 bits per heavy atom. The molecule has 2 aromatic rings. The van der Waals surface area contributed by atoms with Crippen molar-refractivity contribution in [2.24, 2.45) is 5.84 Å². The van der Waals surface area contributed by atoms with Crippen LogP contribution < -0.4 is 20.7 Å². The smallest absolute Gasteiger partial charge is 0.127 e. The molecule has 1 heterocycles. The lowest BCUT2D eigenvalue weighted by Gasteiger charge is -2.21. The second-order valence-electron chi connectivity index (χ2n) is 4.21. The zero-order valence-corrected chi connectivity index (χ0v) is 12.9. The first-order valence-electron chi connectivity index (χ1n) is 6.10. The van der Waals surface area contributed by atoms with E-state index in [1.807, 2.05) is 30.3 Å². The van der Waals surface area contributed by atoms with Gasteiger partial charge in [0.25, 0.3) is 0 Å². The van der Waals surface area contributed by atoms with Crippen molar-refractivity contribution in [3.63, 3.8) is 0 Å². The van der Waals surface area contributed by atoms with E-state index in [0.29, 0.717) is 6.42 Å². The Kier molecular flexibility index (Phi) is 5.25. The van der Waals surface area contributed by atoms with E-state index in [0.717, 1.165) is 26.3 Å². The molecule has 0 saturated carbocycles. The van der Waals surface area contributed by atoms with Gasteiger partial charge in [0.15, 0.2) is 0 Å². The van der Waals surface area contributed by atoms with Gasteiger partial charge in [0, 0.05) is 11.3 Å². The number of thiophene rings is 1. The SMILES string of the molecule is COc1cccc(OC)c1C(Cc1ccc(Cl)s1)NN. The van der Waals surface area contributed by atoms with E-state index in [-0.39, 0.29) is 6.04 Å². The topological polar surface area (TPSA) is 56.5 Å². The van der Waals surface area contributed by atoms with Crippen LogP contribution in [0.15, 0.2) is 30.3 Å². The highest BCUT2D eigenvalue weighted by Gasteiger charge is 2.21. The number of rotatable bonds is 6. The molecule has 0 aliphatic rings. The Morgan fingerprint density at radius 1 is 1.20 bits per heavy atom. The van der Waals surface area contributed by atoms with Crippen molar-refractivity contribution < 1.29 is 9.47 Å². The molecular weight excluding hydrogens is 296 g/mol. The van der Waals surface area contributed by atoms with Crippen molar-refractivity contribution in [1.82, 2.24) is 5.43 Å². The number of nitrogens with two attached hydrogens (primary N) is 1. The molecule has 0 bridgehead atoms. The molecule has 1 aromatic carbocycles. The Bertz CT molecular complexity index is 552. The molecule has 1 aromatic heterocycles. The van der Waals surface area contributed by atoms with Gasteiger partial charge in [0.1, 0.15) is 11.5 Å². The Hall–Kier alpha value is -1.27. The first-order valence-corrected chi connectivity index (χ1v) is 7.30. The van der Waals surface area contributed by atoms with Crippen molar-refractivity contribution >= 4 is 22.9 Å². The molecule has 0 spiro atoms. The highest BCUT2D eigenvalue weighted by molar-refractivity contribution is 7.16. The summed E-state index contributed by atoms with van der Waals surface area (Å²) < 4.78 is 11.6. The summed E-state index contributed by atoms with van der Waals surface area (Å²) in [5.74, 6) is 7.21. The first-order chi connectivity index (χ1) is 9.69. The Balaban J connectivity index is 2.35. The minimum atomic E-state index is -0.115. The molecule has 0 aliphatic carbocycles. The Morgan fingerprint density at radius 2 is 1.85 bits per heavy atom. The molecule has 6 heteroatoms. The van der Waals surface area contributed by atoms with Gasteiger partial charge in [0.2, 0.25) is 0 Å². The molecule has 20 heavy (non-hydrogen) atoms. The normalized spacial score (nSPS) is 12.2. The van der Waals surface area contributed by atoms with Crippen LogP contribution in [0.1, 0.15) is 16.5 Å². The third-order valence-electron chi connectivity index (χ3n) is 3.05. The fraction of sp³-hybridized carbons (Fsp3) is 0.286. The number of ether oxygens (including phenoxy) is 2. The van der Waals surface area contributed by atoms with E-state index in [2.05, 4.69) is 5.43 Å². The van der Waals surface area contributed by atoms with Crippen molar-refractivity contribution in [2.75, 3.05) is 14.2 Å². The number of hydrogen-bond donors (Lipinski definition) is 2. The van der Waals surface area contributed by atoms with Gasteiger partial charge in [-0.2, -0.15) is 0 Å². The van der Waals surface area contributed by atoms with Crippen molar-refractivity contribution in [2.45, 2.75) is 12.5 Å². The van der Waals surface area contributed by atoms with E-state index >= 15 is 0 Å². The summed E-state index contributed by atoms with van der Waals surface area (Å²) in [6, 6.07) is 9.44. The van der Waals surface area contributed by atoms with Crippen LogP contribution in [0.3, 0.4) is 0 Å². The lowest BCUT2D eigenvalue weighted by atomic mass is 10.0. The minimum Gasteiger partial charge on any atom is -0.496 e. The second-order valence-corrected chi connectivity index (χ2v) is 6.01. The van der Waals surface area contributed by atoms with Gasteiger partial charge in [0.05, 0.1) is 30.2 Å². The summed E-state index contributed by atoms with van der Waals surface area (Å²) in [6.07, 6.45) is 0.713. The van der Waals surface area contributed by atoms with Crippen LogP contribution in [-0.4, -0.2) is 14.2 Å². The zero-order chi connectivity index (χ0) is 14.5. The number of hydrogen-bond acceptors (Lipinski definition) is 5. The molecule has 1 unspecified atom stereocenters. The lowest BCUT2D eigenvalue weighted by Crippen LogP contribution is -2.30. The maximum absolute atomic E-state index is 5.97. The van der Waals surface area contributed by atoms with Crippen LogP contribution in [0.5, 0.6) is 11.5 Å². The average molecular weight is 313 g/mol. The van der Waals surface area contributed by atoms with Gasteiger partial charge in [-0.25, -0.2) is 0 Å². The summed E-state index contributed by atoms with van der Waals surface area (Å²) in [7, 11) is 3.27. The molecule has 2 rings (SSSR count). The predicted octanol–water partition coefficient (Wildman–Crippen LogP) is 3.17. The number of benzene rings is 1. The lowest BCUT2D eigenvalue weighted by molar-refractivity contribution is 0.370. The number of methoxy groups -OCH3 is 2. The maximum Gasteiger partial charge on any atom is 0.127 e. The van der Waals surface area contributed by atoms with Crippen LogP contribution in [0.2, 0.25) is 4.34 Å². The fourth-order valence-electron chi connectivity index (χ4n) is 2.13. The van der Waals surface area contributed by atoms with E-state index in [9.17, 15) is 0 Å². The summed E-state index contributed by atoms with van der Waals surface area (Å²) in [6.45, 7) is 0. The molecule has 108 valence electrons. The Labute approximate surface area is 127 Å².